The predicted molar refractivity (Wildman–Crippen MR) is 102 cm³/mol. The van der Waals surface area contributed by atoms with Gasteiger partial charge >= 0.3 is 0 Å². The molecule has 0 radical (unpaired) electrons. The standard InChI is InChI=1S/C19H24INO/c1-14(2)16-6-5-9-19(13-11-16)22-15(3)17-7-4-8-18(21-20)12-10-17/h4-5,8-15,21H,6-7H2,1-3H3. The van der Waals surface area contributed by atoms with Crippen LogP contribution in [-0.2, 0) is 4.74 Å². The van der Waals surface area contributed by atoms with Crippen LogP contribution in [0.3, 0.4) is 0 Å². The maximum atomic E-state index is 6.14. The highest BCUT2D eigenvalue weighted by Gasteiger charge is 2.12. The summed E-state index contributed by atoms with van der Waals surface area (Å²) in [5.41, 5.74) is 3.84. The van der Waals surface area contributed by atoms with Crippen LogP contribution in [0.25, 0.3) is 0 Å². The van der Waals surface area contributed by atoms with Crippen molar-refractivity contribution in [3.05, 3.63) is 71.2 Å². The molecule has 1 atom stereocenters. The molecular weight excluding hydrogens is 385 g/mol. The second-order valence-electron chi connectivity index (χ2n) is 5.90. The molecule has 0 amide bonds. The van der Waals surface area contributed by atoms with E-state index in [4.69, 9.17) is 4.74 Å². The van der Waals surface area contributed by atoms with E-state index in [1.54, 1.807) is 0 Å². The molecule has 1 unspecified atom stereocenters. The van der Waals surface area contributed by atoms with Gasteiger partial charge in [-0.2, -0.15) is 0 Å². The summed E-state index contributed by atoms with van der Waals surface area (Å²) in [5.74, 6) is 1.52. The van der Waals surface area contributed by atoms with Crippen LogP contribution in [-0.4, -0.2) is 6.10 Å². The summed E-state index contributed by atoms with van der Waals surface area (Å²) in [7, 11) is 0. The average Bonchev–Trinajstić information content (AvgIpc) is 2.87. The zero-order valence-electron chi connectivity index (χ0n) is 13.5. The van der Waals surface area contributed by atoms with Crippen LogP contribution >= 0.6 is 22.9 Å². The fourth-order valence-electron chi connectivity index (χ4n) is 2.42. The van der Waals surface area contributed by atoms with Gasteiger partial charge in [-0.15, -0.1) is 0 Å². The van der Waals surface area contributed by atoms with E-state index < -0.39 is 0 Å². The van der Waals surface area contributed by atoms with Crippen LogP contribution in [0.4, 0.5) is 0 Å². The van der Waals surface area contributed by atoms with Gasteiger partial charge in [-0.3, -0.25) is 0 Å². The van der Waals surface area contributed by atoms with Gasteiger partial charge in [0.05, 0.1) is 22.9 Å². The SMILES string of the molecule is CC(C)C1=CC=C(OC(C)C2=CC=C(NI)C=CC2)C=CC1. The lowest BCUT2D eigenvalue weighted by atomic mass is 10.0. The third kappa shape index (κ3) is 4.90. The molecule has 2 aliphatic carbocycles. The second-order valence-corrected chi connectivity index (χ2v) is 6.44. The summed E-state index contributed by atoms with van der Waals surface area (Å²) < 4.78 is 9.28. The summed E-state index contributed by atoms with van der Waals surface area (Å²) in [6.45, 7) is 6.58. The van der Waals surface area contributed by atoms with Crippen LogP contribution < -0.4 is 3.53 Å². The summed E-state index contributed by atoms with van der Waals surface area (Å²) in [5, 5.41) is 0. The molecule has 1 N–H and O–H groups in total. The molecule has 0 aliphatic heterocycles. The third-order valence-electron chi connectivity index (χ3n) is 3.91. The van der Waals surface area contributed by atoms with Gasteiger partial charge in [-0.25, -0.2) is 0 Å². The van der Waals surface area contributed by atoms with Crippen LogP contribution in [0.2, 0.25) is 0 Å². The Morgan fingerprint density at radius 2 is 1.64 bits per heavy atom. The number of allylic oxidation sites excluding steroid dienone is 9. The Hall–Kier alpha value is -1.23. The van der Waals surface area contributed by atoms with Gasteiger partial charge in [0.1, 0.15) is 11.9 Å². The lowest BCUT2D eigenvalue weighted by Gasteiger charge is -2.17. The lowest BCUT2D eigenvalue weighted by Crippen LogP contribution is -2.10. The Balaban J connectivity index is 2.06. The fourth-order valence-corrected chi connectivity index (χ4v) is 2.78. The topological polar surface area (TPSA) is 21.3 Å². The molecule has 0 heterocycles. The van der Waals surface area contributed by atoms with Gasteiger partial charge < -0.3 is 8.27 Å². The molecule has 0 aromatic rings. The molecule has 0 spiro atoms. The Bertz CT molecular complexity index is 576. The highest BCUT2D eigenvalue weighted by molar-refractivity contribution is 14.1. The van der Waals surface area contributed by atoms with Crippen molar-refractivity contribution in [2.75, 3.05) is 0 Å². The van der Waals surface area contributed by atoms with E-state index in [-0.39, 0.29) is 6.10 Å². The molecule has 0 fully saturated rings. The molecule has 0 bridgehead atoms. The average molecular weight is 409 g/mol. The smallest absolute Gasteiger partial charge is 0.119 e. The van der Waals surface area contributed by atoms with Crippen molar-refractivity contribution in [1.82, 2.24) is 3.53 Å². The molecule has 2 aliphatic rings. The first-order valence-corrected chi connectivity index (χ1v) is 8.86. The maximum Gasteiger partial charge on any atom is 0.119 e. The van der Waals surface area contributed by atoms with Gasteiger partial charge in [-0.05, 0) is 55.6 Å². The molecule has 3 heteroatoms. The fraction of sp³-hybridized carbons (Fsp3) is 0.368. The monoisotopic (exact) mass is 409 g/mol. The zero-order valence-corrected chi connectivity index (χ0v) is 15.6. The van der Waals surface area contributed by atoms with E-state index in [0.29, 0.717) is 5.92 Å². The summed E-state index contributed by atoms with van der Waals surface area (Å²) >= 11 is 2.15. The van der Waals surface area contributed by atoms with E-state index in [9.17, 15) is 0 Å². The number of hydrogen-bond donors (Lipinski definition) is 1. The first-order valence-electron chi connectivity index (χ1n) is 7.78. The molecule has 0 aromatic carbocycles. The number of halogens is 1. The molecule has 2 nitrogen and oxygen atoms in total. The summed E-state index contributed by atoms with van der Waals surface area (Å²) in [4.78, 5) is 0. The number of nitrogens with one attached hydrogen (secondary N) is 1. The number of hydrogen-bond acceptors (Lipinski definition) is 2. The Morgan fingerprint density at radius 1 is 0.955 bits per heavy atom. The Kier molecular flexibility index (Phi) is 6.55. The van der Waals surface area contributed by atoms with Crippen molar-refractivity contribution in [2.24, 2.45) is 5.92 Å². The zero-order chi connectivity index (χ0) is 15.9. The summed E-state index contributed by atoms with van der Waals surface area (Å²) in [6, 6.07) is 0. The lowest BCUT2D eigenvalue weighted by molar-refractivity contribution is 0.169. The van der Waals surface area contributed by atoms with Gasteiger partial charge in [-0.1, -0.05) is 43.7 Å². The predicted octanol–water partition coefficient (Wildman–Crippen LogP) is 5.53. The second kappa shape index (κ2) is 8.42. The van der Waals surface area contributed by atoms with E-state index in [1.165, 1.54) is 11.1 Å². The van der Waals surface area contributed by atoms with Gasteiger partial charge in [0, 0.05) is 5.70 Å². The first kappa shape index (κ1) is 17.1. The molecule has 0 saturated carbocycles. The number of ether oxygens (including phenoxy) is 1. The van der Waals surface area contributed by atoms with Gasteiger partial charge in [0.2, 0.25) is 0 Å². The van der Waals surface area contributed by atoms with E-state index >= 15 is 0 Å². The van der Waals surface area contributed by atoms with E-state index in [1.807, 2.05) is 0 Å². The Labute approximate surface area is 147 Å². The van der Waals surface area contributed by atoms with Gasteiger partial charge in [0.25, 0.3) is 0 Å². The van der Waals surface area contributed by atoms with E-state index in [0.717, 1.165) is 24.3 Å². The van der Waals surface area contributed by atoms with Crippen molar-refractivity contribution in [2.45, 2.75) is 39.7 Å². The van der Waals surface area contributed by atoms with Crippen LogP contribution in [0, 0.1) is 5.92 Å². The maximum absolute atomic E-state index is 6.14. The largest absolute Gasteiger partial charge is 0.486 e. The highest BCUT2D eigenvalue weighted by atomic mass is 127. The van der Waals surface area contributed by atoms with Crippen LogP contribution in [0.5, 0.6) is 0 Å². The minimum Gasteiger partial charge on any atom is -0.486 e. The third-order valence-corrected chi connectivity index (χ3v) is 4.53. The van der Waals surface area contributed by atoms with Crippen molar-refractivity contribution >= 4 is 22.9 Å². The Morgan fingerprint density at radius 3 is 2.36 bits per heavy atom. The van der Waals surface area contributed by atoms with Crippen molar-refractivity contribution in [3.63, 3.8) is 0 Å². The summed E-state index contributed by atoms with van der Waals surface area (Å²) in [6.07, 6.45) is 19.1. The quantitative estimate of drug-likeness (QED) is 0.477. The van der Waals surface area contributed by atoms with Crippen LogP contribution in [0.1, 0.15) is 33.6 Å². The molecule has 22 heavy (non-hydrogen) atoms. The first-order chi connectivity index (χ1) is 10.6. The molecule has 2 rings (SSSR count). The number of rotatable bonds is 5. The molecular formula is C19H24INO. The highest BCUT2D eigenvalue weighted by Crippen LogP contribution is 2.23. The van der Waals surface area contributed by atoms with Crippen molar-refractivity contribution in [3.8, 4) is 0 Å². The minimum absolute atomic E-state index is 0.0689. The van der Waals surface area contributed by atoms with E-state index in [2.05, 4.69) is 95.8 Å². The van der Waals surface area contributed by atoms with Crippen LogP contribution in [0.15, 0.2) is 71.2 Å². The molecule has 0 saturated heterocycles. The molecule has 118 valence electrons. The van der Waals surface area contributed by atoms with Crippen molar-refractivity contribution in [1.29, 1.82) is 0 Å². The van der Waals surface area contributed by atoms with Crippen molar-refractivity contribution < 1.29 is 4.74 Å². The normalized spacial score (nSPS) is 19.5. The molecule has 0 aromatic heterocycles. The van der Waals surface area contributed by atoms with Gasteiger partial charge in [0.15, 0.2) is 0 Å². The minimum atomic E-state index is 0.0689.